The molecule has 0 aliphatic carbocycles. The Balaban J connectivity index is 1.80. The average Bonchev–Trinajstić information content (AvgIpc) is 2.87. The van der Waals surface area contributed by atoms with Crippen LogP contribution in [0.1, 0.15) is 0 Å². The van der Waals surface area contributed by atoms with Crippen molar-refractivity contribution in [2.45, 2.75) is 5.16 Å². The van der Waals surface area contributed by atoms with Crippen molar-refractivity contribution < 1.29 is 4.79 Å². The molecule has 4 N–H and O–H groups in total. The number of H-pyrrole nitrogens is 1. The standard InChI is InChI=1S/C7H8N6OS2/c8-5-11-7(13-12-5)16-3-4(14)10-6-9-1-2-15-6/h1-2H,3H2,(H,9,10,14)(H3,8,11,12,13). The van der Waals surface area contributed by atoms with E-state index in [1.165, 1.54) is 23.1 Å². The van der Waals surface area contributed by atoms with E-state index in [1.54, 1.807) is 11.6 Å². The Morgan fingerprint density at radius 3 is 3.19 bits per heavy atom. The van der Waals surface area contributed by atoms with Crippen molar-refractivity contribution in [3.8, 4) is 0 Å². The number of aromatic nitrogens is 4. The van der Waals surface area contributed by atoms with Gasteiger partial charge in [-0.15, -0.1) is 16.4 Å². The van der Waals surface area contributed by atoms with E-state index in [1.807, 2.05) is 0 Å². The van der Waals surface area contributed by atoms with Gasteiger partial charge in [-0.2, -0.15) is 4.98 Å². The summed E-state index contributed by atoms with van der Waals surface area (Å²) in [5.74, 6) is 0.308. The number of hydrogen-bond donors (Lipinski definition) is 3. The molecule has 0 spiro atoms. The van der Waals surface area contributed by atoms with Gasteiger partial charge in [0, 0.05) is 11.6 Å². The van der Waals surface area contributed by atoms with Crippen molar-refractivity contribution >= 4 is 40.1 Å². The number of aromatic amines is 1. The summed E-state index contributed by atoms with van der Waals surface area (Å²) in [5.41, 5.74) is 5.34. The van der Waals surface area contributed by atoms with Crippen LogP contribution < -0.4 is 11.1 Å². The van der Waals surface area contributed by atoms with Crippen molar-refractivity contribution in [1.82, 2.24) is 20.2 Å². The van der Waals surface area contributed by atoms with E-state index < -0.39 is 0 Å². The smallest absolute Gasteiger partial charge is 0.236 e. The van der Waals surface area contributed by atoms with E-state index in [-0.39, 0.29) is 17.6 Å². The Hall–Kier alpha value is -1.61. The summed E-state index contributed by atoms with van der Waals surface area (Å²) in [4.78, 5) is 19.2. The SMILES string of the molecule is Nc1nc(SCC(=O)Nc2nccs2)n[nH]1. The summed E-state index contributed by atoms with van der Waals surface area (Å²) in [6.07, 6.45) is 1.63. The first kappa shape index (κ1) is 10.9. The number of thioether (sulfide) groups is 1. The molecule has 0 aromatic carbocycles. The van der Waals surface area contributed by atoms with E-state index >= 15 is 0 Å². The molecular weight excluding hydrogens is 248 g/mol. The maximum Gasteiger partial charge on any atom is 0.236 e. The summed E-state index contributed by atoms with van der Waals surface area (Å²) in [6.45, 7) is 0. The Kier molecular flexibility index (Phi) is 3.37. The summed E-state index contributed by atoms with van der Waals surface area (Å²) < 4.78 is 0. The van der Waals surface area contributed by atoms with Crippen LogP contribution in [-0.2, 0) is 4.79 Å². The number of thiazole rings is 1. The highest BCUT2D eigenvalue weighted by Crippen LogP contribution is 2.14. The number of anilines is 2. The molecule has 2 aromatic rings. The lowest BCUT2D eigenvalue weighted by Crippen LogP contribution is -2.13. The highest BCUT2D eigenvalue weighted by Gasteiger charge is 2.07. The maximum atomic E-state index is 11.4. The van der Waals surface area contributed by atoms with Crippen LogP contribution in [0.2, 0.25) is 0 Å². The molecule has 1 amide bonds. The van der Waals surface area contributed by atoms with Crippen molar-refractivity contribution in [2.75, 3.05) is 16.8 Å². The van der Waals surface area contributed by atoms with Gasteiger partial charge >= 0.3 is 0 Å². The number of hydrogen-bond acceptors (Lipinski definition) is 7. The lowest BCUT2D eigenvalue weighted by molar-refractivity contribution is -0.113. The largest absolute Gasteiger partial charge is 0.368 e. The van der Waals surface area contributed by atoms with Crippen LogP contribution in [-0.4, -0.2) is 31.8 Å². The minimum absolute atomic E-state index is 0.150. The fourth-order valence-electron chi connectivity index (χ4n) is 0.893. The van der Waals surface area contributed by atoms with Gasteiger partial charge < -0.3 is 11.1 Å². The number of nitrogen functional groups attached to an aromatic ring is 1. The van der Waals surface area contributed by atoms with Crippen molar-refractivity contribution in [3.63, 3.8) is 0 Å². The van der Waals surface area contributed by atoms with E-state index in [2.05, 4.69) is 25.5 Å². The van der Waals surface area contributed by atoms with Gasteiger partial charge in [-0.05, 0) is 0 Å². The van der Waals surface area contributed by atoms with Crippen LogP contribution in [0.25, 0.3) is 0 Å². The minimum Gasteiger partial charge on any atom is -0.368 e. The quantitative estimate of drug-likeness (QED) is 0.690. The maximum absolute atomic E-state index is 11.4. The number of nitrogens with zero attached hydrogens (tertiary/aromatic N) is 3. The third-order valence-electron chi connectivity index (χ3n) is 1.49. The predicted octanol–water partition coefficient (Wildman–Crippen LogP) is 0.574. The molecule has 0 fully saturated rings. The van der Waals surface area contributed by atoms with Crippen LogP contribution >= 0.6 is 23.1 Å². The molecular formula is C7H8N6OS2. The zero-order chi connectivity index (χ0) is 11.4. The van der Waals surface area contributed by atoms with Gasteiger partial charge in [0.2, 0.25) is 17.0 Å². The molecule has 0 aliphatic heterocycles. The zero-order valence-corrected chi connectivity index (χ0v) is 9.64. The van der Waals surface area contributed by atoms with E-state index in [9.17, 15) is 4.79 Å². The average molecular weight is 256 g/mol. The number of rotatable bonds is 4. The van der Waals surface area contributed by atoms with Gasteiger partial charge in [0.1, 0.15) is 0 Å². The van der Waals surface area contributed by atoms with Crippen molar-refractivity contribution in [2.24, 2.45) is 0 Å². The first-order valence-electron chi connectivity index (χ1n) is 4.24. The normalized spacial score (nSPS) is 10.2. The Morgan fingerprint density at radius 1 is 1.69 bits per heavy atom. The monoisotopic (exact) mass is 256 g/mol. The summed E-state index contributed by atoms with van der Waals surface area (Å²) in [5, 5.41) is 11.8. The van der Waals surface area contributed by atoms with Gasteiger partial charge in [-0.1, -0.05) is 11.8 Å². The van der Waals surface area contributed by atoms with Crippen LogP contribution in [0, 0.1) is 0 Å². The van der Waals surface area contributed by atoms with Crippen LogP contribution in [0.5, 0.6) is 0 Å². The second-order valence-electron chi connectivity index (χ2n) is 2.68. The number of nitrogens with one attached hydrogen (secondary N) is 2. The lowest BCUT2D eigenvalue weighted by atomic mass is 10.7. The minimum atomic E-state index is -0.150. The highest BCUT2D eigenvalue weighted by atomic mass is 32.2. The number of carbonyl (C=O) groups excluding carboxylic acids is 1. The first-order chi connectivity index (χ1) is 7.74. The van der Waals surface area contributed by atoms with E-state index in [0.717, 1.165) is 0 Å². The van der Waals surface area contributed by atoms with Gasteiger partial charge in [0.25, 0.3) is 0 Å². The summed E-state index contributed by atoms with van der Waals surface area (Å²) in [6, 6.07) is 0. The van der Waals surface area contributed by atoms with Gasteiger partial charge in [0.15, 0.2) is 5.13 Å². The summed E-state index contributed by atoms with van der Waals surface area (Å²) >= 11 is 2.57. The predicted molar refractivity (Wildman–Crippen MR) is 62.3 cm³/mol. The molecule has 2 heterocycles. The molecule has 0 radical (unpaired) electrons. The first-order valence-corrected chi connectivity index (χ1v) is 6.10. The third kappa shape index (κ3) is 2.94. The number of nitrogens with two attached hydrogens (primary N) is 1. The molecule has 9 heteroatoms. The van der Waals surface area contributed by atoms with Gasteiger partial charge in [-0.3, -0.25) is 4.79 Å². The van der Waals surface area contributed by atoms with Crippen molar-refractivity contribution in [3.05, 3.63) is 11.6 Å². The van der Waals surface area contributed by atoms with E-state index in [4.69, 9.17) is 5.73 Å². The fraction of sp³-hybridized carbons (Fsp3) is 0.143. The molecule has 2 aromatic heterocycles. The second-order valence-corrected chi connectivity index (χ2v) is 4.51. The van der Waals surface area contributed by atoms with Gasteiger partial charge in [0.05, 0.1) is 5.75 Å². The lowest BCUT2D eigenvalue weighted by Gasteiger charge is -1.98. The van der Waals surface area contributed by atoms with Crippen LogP contribution in [0.3, 0.4) is 0 Å². The molecule has 0 unspecified atom stereocenters. The van der Waals surface area contributed by atoms with Gasteiger partial charge in [-0.25, -0.2) is 10.1 Å². The highest BCUT2D eigenvalue weighted by molar-refractivity contribution is 7.99. The van der Waals surface area contributed by atoms with Crippen LogP contribution in [0.15, 0.2) is 16.7 Å². The number of carbonyl (C=O) groups is 1. The molecule has 84 valence electrons. The Morgan fingerprint density at radius 2 is 2.56 bits per heavy atom. The molecule has 0 aliphatic rings. The third-order valence-corrected chi connectivity index (χ3v) is 3.03. The van der Waals surface area contributed by atoms with Crippen LogP contribution in [0.4, 0.5) is 11.1 Å². The summed E-state index contributed by atoms with van der Waals surface area (Å²) in [7, 11) is 0. The molecule has 0 bridgehead atoms. The number of amides is 1. The Bertz CT molecular complexity index is 467. The molecule has 16 heavy (non-hydrogen) atoms. The van der Waals surface area contributed by atoms with E-state index in [0.29, 0.717) is 10.3 Å². The Labute approximate surface area is 98.9 Å². The topological polar surface area (TPSA) is 110 Å². The molecule has 0 atom stereocenters. The molecule has 0 saturated carbocycles. The fourth-order valence-corrected chi connectivity index (χ4v) is 2.04. The van der Waals surface area contributed by atoms with Crippen molar-refractivity contribution in [1.29, 1.82) is 0 Å². The zero-order valence-electron chi connectivity index (χ0n) is 8.01. The molecule has 7 nitrogen and oxygen atoms in total. The molecule has 0 saturated heterocycles. The second kappa shape index (κ2) is 4.94. The molecule has 2 rings (SSSR count).